The Balaban J connectivity index is 1.26. The molecule has 4 rings (SSSR count). The Morgan fingerprint density at radius 2 is 2.03 bits per heavy atom. The molecule has 1 saturated heterocycles. The van der Waals surface area contributed by atoms with Gasteiger partial charge in [0.15, 0.2) is 5.96 Å². The molecule has 2 N–H and O–H groups in total. The van der Waals surface area contributed by atoms with Crippen molar-refractivity contribution < 1.29 is 9.53 Å². The highest BCUT2D eigenvalue weighted by Gasteiger charge is 2.22. The standard InChI is InChI=1S/C23H28N4O2/c1-24-23(26-15-20-13-19-8-2-3-9-21(19)29-20)25-14-17-6-4-7-18(12-17)16-27-11-5-10-22(27)28/h2-4,6-9,12,20H,5,10-11,13-16H2,1H3,(H2,24,25,26). The number of carbonyl (C=O) groups is 1. The minimum absolute atomic E-state index is 0.118. The number of guanidine groups is 1. The number of hydrogen-bond acceptors (Lipinski definition) is 3. The number of rotatable bonds is 6. The summed E-state index contributed by atoms with van der Waals surface area (Å²) in [6, 6.07) is 16.6. The van der Waals surface area contributed by atoms with Crippen LogP contribution in [0.2, 0.25) is 0 Å². The predicted octanol–water partition coefficient (Wildman–Crippen LogP) is 2.48. The summed E-state index contributed by atoms with van der Waals surface area (Å²) >= 11 is 0. The van der Waals surface area contributed by atoms with E-state index in [9.17, 15) is 4.79 Å². The molecule has 0 radical (unpaired) electrons. The Kier molecular flexibility index (Phi) is 5.98. The molecule has 0 saturated carbocycles. The fraction of sp³-hybridized carbons (Fsp3) is 0.391. The Morgan fingerprint density at radius 3 is 2.83 bits per heavy atom. The molecule has 0 spiro atoms. The number of fused-ring (bicyclic) bond motifs is 1. The molecule has 0 bridgehead atoms. The van der Waals surface area contributed by atoms with Crippen LogP contribution in [-0.2, 0) is 24.3 Å². The van der Waals surface area contributed by atoms with Gasteiger partial charge in [-0.2, -0.15) is 0 Å². The highest BCUT2D eigenvalue weighted by molar-refractivity contribution is 5.79. The summed E-state index contributed by atoms with van der Waals surface area (Å²) in [6.07, 6.45) is 2.68. The first-order valence-corrected chi connectivity index (χ1v) is 10.3. The molecule has 6 heteroatoms. The lowest BCUT2D eigenvalue weighted by Gasteiger charge is -2.17. The van der Waals surface area contributed by atoms with E-state index in [4.69, 9.17) is 4.74 Å². The zero-order valence-corrected chi connectivity index (χ0v) is 16.9. The van der Waals surface area contributed by atoms with Crippen LogP contribution in [0, 0.1) is 0 Å². The SMILES string of the molecule is CN=C(NCc1cccc(CN2CCCC2=O)c1)NCC1Cc2ccccc2O1. The number of amides is 1. The summed E-state index contributed by atoms with van der Waals surface area (Å²) < 4.78 is 5.97. The summed E-state index contributed by atoms with van der Waals surface area (Å²) in [5.74, 6) is 2.00. The molecular weight excluding hydrogens is 364 g/mol. The zero-order chi connectivity index (χ0) is 20.1. The van der Waals surface area contributed by atoms with E-state index in [1.165, 1.54) is 16.7 Å². The number of ether oxygens (including phenoxy) is 1. The Morgan fingerprint density at radius 1 is 1.17 bits per heavy atom. The molecule has 29 heavy (non-hydrogen) atoms. The molecule has 2 aromatic carbocycles. The van der Waals surface area contributed by atoms with Crippen molar-refractivity contribution in [3.8, 4) is 5.75 Å². The Labute approximate surface area is 172 Å². The molecule has 2 aliphatic rings. The van der Waals surface area contributed by atoms with Crippen molar-refractivity contribution in [3.05, 3.63) is 65.2 Å². The normalized spacial score (nSPS) is 18.5. The third-order valence-electron chi connectivity index (χ3n) is 5.43. The fourth-order valence-corrected chi connectivity index (χ4v) is 3.91. The topological polar surface area (TPSA) is 66.0 Å². The fourth-order valence-electron chi connectivity index (χ4n) is 3.91. The summed E-state index contributed by atoms with van der Waals surface area (Å²) in [4.78, 5) is 18.1. The van der Waals surface area contributed by atoms with Gasteiger partial charge in [-0.25, -0.2) is 0 Å². The number of nitrogens with zero attached hydrogens (tertiary/aromatic N) is 2. The molecule has 2 heterocycles. The maximum atomic E-state index is 11.8. The minimum atomic E-state index is 0.118. The highest BCUT2D eigenvalue weighted by Crippen LogP contribution is 2.27. The van der Waals surface area contributed by atoms with E-state index in [1.54, 1.807) is 7.05 Å². The second kappa shape index (κ2) is 8.99. The van der Waals surface area contributed by atoms with E-state index in [0.29, 0.717) is 26.1 Å². The number of likely N-dealkylation sites (tertiary alicyclic amines) is 1. The summed E-state index contributed by atoms with van der Waals surface area (Å²) in [7, 11) is 1.77. The Hall–Kier alpha value is -3.02. The number of nitrogens with one attached hydrogen (secondary N) is 2. The predicted molar refractivity (Wildman–Crippen MR) is 114 cm³/mol. The van der Waals surface area contributed by atoms with Crippen LogP contribution < -0.4 is 15.4 Å². The van der Waals surface area contributed by atoms with Crippen LogP contribution in [0.5, 0.6) is 5.75 Å². The molecule has 6 nitrogen and oxygen atoms in total. The third-order valence-corrected chi connectivity index (χ3v) is 5.43. The van der Waals surface area contributed by atoms with Crippen LogP contribution in [0.15, 0.2) is 53.5 Å². The van der Waals surface area contributed by atoms with Crippen LogP contribution in [0.3, 0.4) is 0 Å². The van der Waals surface area contributed by atoms with E-state index in [2.05, 4.69) is 39.9 Å². The number of aliphatic imine (C=N–C) groups is 1. The van der Waals surface area contributed by atoms with Gasteiger partial charge in [-0.1, -0.05) is 42.5 Å². The first-order chi connectivity index (χ1) is 14.2. The first-order valence-electron chi connectivity index (χ1n) is 10.3. The van der Waals surface area contributed by atoms with Gasteiger partial charge in [0.05, 0.1) is 6.54 Å². The molecule has 152 valence electrons. The summed E-state index contributed by atoms with van der Waals surface area (Å²) in [6.45, 7) is 2.93. The molecule has 1 unspecified atom stereocenters. The summed E-state index contributed by atoms with van der Waals surface area (Å²) in [5, 5.41) is 6.72. The number of hydrogen-bond donors (Lipinski definition) is 2. The molecule has 1 amide bonds. The zero-order valence-electron chi connectivity index (χ0n) is 16.9. The lowest BCUT2D eigenvalue weighted by atomic mass is 10.1. The van der Waals surface area contributed by atoms with E-state index < -0.39 is 0 Å². The molecular formula is C23H28N4O2. The number of carbonyl (C=O) groups excluding carboxylic acids is 1. The second-order valence-electron chi connectivity index (χ2n) is 7.60. The van der Waals surface area contributed by atoms with E-state index >= 15 is 0 Å². The van der Waals surface area contributed by atoms with Gasteiger partial charge in [0.2, 0.25) is 5.91 Å². The van der Waals surface area contributed by atoms with E-state index in [-0.39, 0.29) is 12.0 Å². The van der Waals surface area contributed by atoms with Crippen molar-refractivity contribution in [2.24, 2.45) is 4.99 Å². The smallest absolute Gasteiger partial charge is 0.222 e. The van der Waals surface area contributed by atoms with Crippen LogP contribution in [-0.4, -0.2) is 43.0 Å². The molecule has 1 fully saturated rings. The van der Waals surface area contributed by atoms with Crippen LogP contribution >= 0.6 is 0 Å². The second-order valence-corrected chi connectivity index (χ2v) is 7.60. The van der Waals surface area contributed by atoms with Gasteiger partial charge >= 0.3 is 0 Å². The average molecular weight is 393 g/mol. The maximum absolute atomic E-state index is 11.8. The van der Waals surface area contributed by atoms with Gasteiger partial charge < -0.3 is 20.3 Å². The van der Waals surface area contributed by atoms with Crippen molar-refractivity contribution in [1.82, 2.24) is 15.5 Å². The molecule has 1 atom stereocenters. The largest absolute Gasteiger partial charge is 0.488 e. The van der Waals surface area contributed by atoms with Gasteiger partial charge in [-0.3, -0.25) is 9.79 Å². The van der Waals surface area contributed by atoms with Crippen molar-refractivity contribution in [3.63, 3.8) is 0 Å². The maximum Gasteiger partial charge on any atom is 0.222 e. The first kappa shape index (κ1) is 19.3. The Bertz CT molecular complexity index is 871. The van der Waals surface area contributed by atoms with Crippen molar-refractivity contribution in [2.75, 3.05) is 20.1 Å². The minimum Gasteiger partial charge on any atom is -0.488 e. The van der Waals surface area contributed by atoms with Crippen molar-refractivity contribution in [2.45, 2.75) is 38.5 Å². The van der Waals surface area contributed by atoms with Gasteiger partial charge in [0.25, 0.3) is 0 Å². The van der Waals surface area contributed by atoms with Gasteiger partial charge in [0.1, 0.15) is 11.9 Å². The molecule has 0 aliphatic carbocycles. The third kappa shape index (κ3) is 4.88. The molecule has 0 aromatic heterocycles. The lowest BCUT2D eigenvalue weighted by Crippen LogP contribution is -2.41. The number of benzene rings is 2. The van der Waals surface area contributed by atoms with Crippen molar-refractivity contribution >= 4 is 11.9 Å². The van der Waals surface area contributed by atoms with Crippen molar-refractivity contribution in [1.29, 1.82) is 0 Å². The highest BCUT2D eigenvalue weighted by atomic mass is 16.5. The van der Waals surface area contributed by atoms with Crippen LogP contribution in [0.1, 0.15) is 29.5 Å². The van der Waals surface area contributed by atoms with Gasteiger partial charge in [-0.15, -0.1) is 0 Å². The van der Waals surface area contributed by atoms with E-state index in [1.807, 2.05) is 29.2 Å². The number of para-hydroxylation sites is 1. The molecule has 2 aliphatic heterocycles. The average Bonchev–Trinajstić information content (AvgIpc) is 3.34. The van der Waals surface area contributed by atoms with Crippen LogP contribution in [0.4, 0.5) is 0 Å². The quantitative estimate of drug-likeness (QED) is 0.586. The van der Waals surface area contributed by atoms with Gasteiger partial charge in [0, 0.05) is 39.5 Å². The summed E-state index contributed by atoms with van der Waals surface area (Å²) in [5.41, 5.74) is 3.59. The van der Waals surface area contributed by atoms with E-state index in [0.717, 1.165) is 31.1 Å². The van der Waals surface area contributed by atoms with Crippen LogP contribution in [0.25, 0.3) is 0 Å². The molecule has 2 aromatic rings. The monoisotopic (exact) mass is 392 g/mol. The van der Waals surface area contributed by atoms with Gasteiger partial charge in [-0.05, 0) is 29.2 Å². The lowest BCUT2D eigenvalue weighted by molar-refractivity contribution is -0.128.